The zero-order chi connectivity index (χ0) is 103. The topological polar surface area (TPSA) is 401 Å². The number of hydrogen-bond acceptors (Lipinski definition) is 17. The van der Waals surface area contributed by atoms with Gasteiger partial charge in [-0.15, -0.1) is 12.4 Å². The third-order valence-corrected chi connectivity index (χ3v) is 24.2. The predicted molar refractivity (Wildman–Crippen MR) is 572 cm³/mol. The molecule has 38 heteroatoms. The Labute approximate surface area is 1080 Å². The number of rotatable bonds is 22. The van der Waals surface area contributed by atoms with Gasteiger partial charge in [0.05, 0.1) is 105 Å². The molecule has 8 aromatic heterocycles. The molecule has 7 N–H and O–H groups in total. The number of aryl methyl sites for hydroxylation is 16. The number of hydrogen-bond donors (Lipinski definition) is 4. The van der Waals surface area contributed by atoms with Gasteiger partial charge in [-0.05, 0) is 280 Å². The molecule has 0 saturated carbocycles. The number of aliphatic hydroxyl groups excluding tert-OH is 1. The van der Waals surface area contributed by atoms with Gasteiger partial charge >= 0.3 is 270 Å². The number of unbranched alkanes of at least 4 members (excludes halogenated alkanes) is 1. The van der Waals surface area contributed by atoms with Gasteiger partial charge in [-0.25, -0.2) is 24.0 Å². The molecule has 0 bridgehead atoms. The number of carbonyl (C=O) groups excluding carboxylic acids is 4. The number of aromatic nitrogens is 12. The molecule has 8 aromatic carbocycles. The summed E-state index contributed by atoms with van der Waals surface area (Å²) in [6.07, 6.45) is 15.8. The molecule has 16 rings (SSSR count). The van der Waals surface area contributed by atoms with Crippen molar-refractivity contribution in [1.29, 1.82) is 0 Å². The van der Waals surface area contributed by atoms with Crippen molar-refractivity contribution in [1.82, 2.24) is 55.6 Å². The maximum atomic E-state index is 14.0. The fourth-order valence-electron chi connectivity index (χ4n) is 17.4. The zero-order valence-electron chi connectivity index (χ0n) is 93.3. The summed E-state index contributed by atoms with van der Waals surface area (Å²) in [4.78, 5) is 103. The molecule has 0 aliphatic rings. The van der Waals surface area contributed by atoms with Crippen LogP contribution in [0.1, 0.15) is 179 Å². The Bertz CT molecular complexity index is 7350. The van der Waals surface area contributed by atoms with Gasteiger partial charge in [0.15, 0.2) is 0 Å². The number of nitrogens with zero attached hydrogens (tertiary/aromatic N) is 11. The maximum absolute atomic E-state index is 14.0. The van der Waals surface area contributed by atoms with Gasteiger partial charge in [-0.2, -0.15) is 0 Å². The Balaban J connectivity index is -0.000000552. The number of imidazole rings is 4. The van der Waals surface area contributed by atoms with Crippen molar-refractivity contribution in [3.63, 3.8) is 0 Å². The number of carbonyl (C=O) groups is 4. The van der Waals surface area contributed by atoms with E-state index in [2.05, 4.69) is 321 Å². The molecule has 16 aromatic rings. The summed E-state index contributed by atoms with van der Waals surface area (Å²) >= 11 is 0. The predicted octanol–water partition coefficient (Wildman–Crippen LogP) is 0.672. The molecule has 147 heavy (non-hydrogen) atoms. The van der Waals surface area contributed by atoms with Gasteiger partial charge in [0.2, 0.25) is 0 Å². The minimum absolute atomic E-state index is 0. The number of aliphatic hydroxyl groups is 1. The number of nitrogens with two attached hydrogens (primary N) is 1. The van der Waals surface area contributed by atoms with Crippen LogP contribution in [0.5, 0.6) is 0 Å². The first-order valence-electron chi connectivity index (χ1n) is 45.8. The summed E-state index contributed by atoms with van der Waals surface area (Å²) in [5, 5.41) is 29.0. The fraction of sp³-hybridized carbons (Fsp3) is 0.358. The van der Waals surface area contributed by atoms with E-state index in [1.165, 1.54) is 111 Å². The van der Waals surface area contributed by atoms with Crippen LogP contribution in [0.3, 0.4) is 0 Å². The second-order valence-electron chi connectivity index (χ2n) is 35.6. The Hall–Kier alpha value is -5.61. The molecule has 0 fully saturated rings. The van der Waals surface area contributed by atoms with Gasteiger partial charge in [-0.3, -0.25) is 41.8 Å². The van der Waals surface area contributed by atoms with Crippen molar-refractivity contribution in [3.05, 3.63) is 308 Å². The van der Waals surface area contributed by atoms with Crippen LogP contribution in [0.25, 0.3) is 105 Å². The van der Waals surface area contributed by atoms with Crippen molar-refractivity contribution in [2.45, 2.75) is 196 Å². The maximum Gasteiger partial charge on any atom is 1.00 e. The number of H-pyrrole nitrogens is 2. The Morgan fingerprint density at radius 2 is 0.789 bits per heavy atom. The number of esters is 2. The third kappa shape index (κ3) is 37.6. The number of aromatic amines is 2. The van der Waals surface area contributed by atoms with Crippen LogP contribution in [0.15, 0.2) is 191 Å². The van der Waals surface area contributed by atoms with Crippen LogP contribution in [0.2, 0.25) is 0 Å². The monoisotopic (exact) mass is 2260 g/mol. The number of allylic oxidation sites excluding steroid dienone is 3. The molecule has 1 atom stereocenters. The quantitative estimate of drug-likeness (QED) is 0.00834. The average molecular weight is 2270 g/mol. The minimum atomic E-state index is -0.262. The van der Waals surface area contributed by atoms with Crippen LogP contribution in [-0.4, -0.2) is 137 Å². The second-order valence-corrected chi connectivity index (χ2v) is 35.6. The molecule has 0 saturated heterocycles. The fourth-order valence-corrected chi connectivity index (χ4v) is 17.4. The van der Waals surface area contributed by atoms with E-state index in [9.17, 15) is 28.8 Å². The summed E-state index contributed by atoms with van der Waals surface area (Å²) in [7, 11) is 16.0. The standard InChI is InChI=1S/C28H35N3O3.C23H25N3O.C20H21N3O.C14H21N2.C12H14N2O.C8H14O2.2CH2O3.CH4O.CH4.ClH.HI.4K.H3N2.Na.H2O.2H/c1-7-10-22(15-26(32)34-8-2)31-25-14-20(5)19(4)13-24(25)30(28(31)33)17-21-16-29(6)23-12-9-11-18(3)27(21)23;1-14(2)26-21-11-17(5)16(4)10-20(21)25(23(26)27)13-18-12-24(6)19-9-7-8-15(3)22(18)19;1-12-6-5-7-17-19(12)15(10-22(17)4)11-23-18-9-14(3)13(2)8-16(18)21-20(23)24;1-11-7-6-8-13-14(11)12(9-15(13)2)10-16(3,4)5;1-7(2)14-11-6-9(4)8(3)5-10(11)13-12(14)15;1-3-5-6-7-8(9)10-4-2;2*2-1-4-3;1-2;;;;;;;;1-2;;;;/h9,11-14,16,22H,7-8,10,15,17H2,1-6H3;7-12H,1,13H2,2-6H3;5-10H,11H2,1-4H3,(H,21,24);6-9H,10H2,1-5H3;5-6H,1H2,2-4H3,(H,13,15);6-7H,3-5H2,1-2H3;2*1,3H;2H,1H3;1H4;2*1H;;;;;1H,2H2;;1H2;;/q;;;+1;;;;;;;;;4*+1;-1;+1;;2*-1/p-4/b;;;;;7-6+;;;;;;;;;;;;;;;. The van der Waals surface area contributed by atoms with Crippen molar-refractivity contribution in [3.8, 4) is 0 Å². The van der Waals surface area contributed by atoms with Crippen LogP contribution >= 0.6 is 12.4 Å². The first-order chi connectivity index (χ1) is 65.5. The van der Waals surface area contributed by atoms with Crippen molar-refractivity contribution in [2.24, 2.45) is 34.0 Å². The van der Waals surface area contributed by atoms with E-state index in [0.29, 0.717) is 32.8 Å². The normalized spacial score (nSPS) is 10.4. The van der Waals surface area contributed by atoms with Crippen LogP contribution in [-0.2, 0) is 92.8 Å². The van der Waals surface area contributed by atoms with Crippen molar-refractivity contribution in [2.75, 3.05) is 41.5 Å². The van der Waals surface area contributed by atoms with E-state index in [-0.39, 0.29) is 347 Å². The summed E-state index contributed by atoms with van der Waals surface area (Å²) in [5.41, 5.74) is 32.7. The third-order valence-electron chi connectivity index (χ3n) is 24.2. The van der Waals surface area contributed by atoms with Crippen molar-refractivity contribution >= 4 is 136 Å². The van der Waals surface area contributed by atoms with Gasteiger partial charge < -0.3 is 112 Å². The molecule has 0 spiro atoms. The van der Waals surface area contributed by atoms with E-state index >= 15 is 0 Å². The number of nitrogens with one attached hydrogen (secondary N) is 3. The number of halogens is 2. The van der Waals surface area contributed by atoms with Crippen LogP contribution in [0.4, 0.5) is 0 Å². The zero-order valence-corrected chi connectivity index (χ0v) is 109. The van der Waals surface area contributed by atoms with Gasteiger partial charge in [0.1, 0.15) is 6.54 Å². The largest absolute Gasteiger partial charge is 1.00 e. The Morgan fingerprint density at radius 3 is 1.15 bits per heavy atom. The molecule has 774 valence electrons. The van der Waals surface area contributed by atoms with E-state index < -0.39 is 0 Å². The number of quaternary nitrogens is 1. The number of benzene rings is 8. The molecule has 1 unspecified atom stereocenters. The molecule has 8 heterocycles. The molecule has 0 aliphatic carbocycles. The molecule has 0 amide bonds. The molecule has 31 nitrogen and oxygen atoms in total. The average Bonchev–Trinajstić information content (AvgIpc) is 1.59. The first-order valence-corrected chi connectivity index (χ1v) is 45.8. The smallest absolute Gasteiger partial charge is 1.00 e. The Kier molecular flexibility index (Phi) is 68.6. The molecular formula is C109H147ClIK4N15NaO16-. The van der Waals surface area contributed by atoms with Gasteiger partial charge in [0.25, 0.3) is 12.9 Å². The summed E-state index contributed by atoms with van der Waals surface area (Å²) in [6, 6.07) is 41.8. The van der Waals surface area contributed by atoms with E-state index in [1.54, 1.807) is 16.1 Å². The van der Waals surface area contributed by atoms with E-state index in [0.717, 1.165) is 127 Å². The summed E-state index contributed by atoms with van der Waals surface area (Å²) < 4.78 is 30.2. The van der Waals surface area contributed by atoms with Crippen LogP contribution < -0.4 is 298 Å². The number of fused-ring (bicyclic) bond motifs is 8. The first kappa shape index (κ1) is 146. The Morgan fingerprint density at radius 1 is 0.469 bits per heavy atom. The van der Waals surface area contributed by atoms with Crippen LogP contribution in [0, 0.1) is 83.1 Å². The van der Waals surface area contributed by atoms with Crippen molar-refractivity contribution < 1.29 is 326 Å². The molecule has 0 radical (unpaired) electrons. The SMILES string of the molecule is C.C=C(C)n1c(=O)[nH]c2cc(C)c(C)cc21.C=C(C)n1c(=O)n(Cc2cn(C)c3cccc(C)c23)c2cc(C)c(C)cc21.CCC/C=C/C(=O)OCC.CCCC(CC(=O)OCC)n1c(=O)n(Cc2cn(C)c3cccc(C)c23)c2cc(C)c(C)cc21.CO.Cc1cc2[nH]c(=O)n(Cc3cn(C)c4cccc(C)c34)c2cc1C.Cc1cccc2c1c(C[N+](C)(C)C)cn2C.Cl.O=CO[O-].O=CO[O-].[H-].[H-].[I-].[K+].[K+].[K+].[K+].[NH-]N.[Na+].[OH-]. The molecule has 0 aliphatic heterocycles. The second kappa shape index (κ2) is 69.3. The minimum Gasteiger partial charge on any atom is -1.00 e. The molecular weight excluding hydrogens is 2120 g/mol. The van der Waals surface area contributed by atoms with E-state index in [1.807, 2.05) is 78.1 Å². The number of ether oxygens (including phenoxy) is 2. The summed E-state index contributed by atoms with van der Waals surface area (Å²) in [5.74, 6) is 8.50. The van der Waals surface area contributed by atoms with E-state index in [4.69, 9.17) is 35.8 Å². The van der Waals surface area contributed by atoms with Gasteiger partial charge in [0, 0.05) is 133 Å². The van der Waals surface area contributed by atoms with Gasteiger partial charge in [-0.1, -0.05) is 102 Å². The summed E-state index contributed by atoms with van der Waals surface area (Å²) in [6.45, 7) is 47.5.